The second kappa shape index (κ2) is 23.2. The highest BCUT2D eigenvalue weighted by Crippen LogP contribution is 2.35. The van der Waals surface area contributed by atoms with Crippen LogP contribution in [-0.4, -0.2) is 62.1 Å². The van der Waals surface area contributed by atoms with E-state index in [9.17, 15) is 4.57 Å². The molecule has 0 bridgehead atoms. The van der Waals surface area contributed by atoms with Crippen molar-refractivity contribution in [2.75, 3.05) is 46.2 Å². The lowest BCUT2D eigenvalue weighted by Gasteiger charge is -2.19. The van der Waals surface area contributed by atoms with Gasteiger partial charge in [0.15, 0.2) is 0 Å². The van der Waals surface area contributed by atoms with Crippen LogP contribution in [0.3, 0.4) is 0 Å². The number of phosphoric ester groups is 1. The topological polar surface area (TPSA) is 104 Å². The normalized spacial score (nSPS) is 12.6. The Morgan fingerprint density at radius 3 is 1.75 bits per heavy atom. The average molecular weight is 533 g/mol. The van der Waals surface area contributed by atoms with Crippen molar-refractivity contribution < 1.29 is 37.8 Å². The van der Waals surface area contributed by atoms with Crippen molar-refractivity contribution in [3.63, 3.8) is 0 Å². The van der Waals surface area contributed by atoms with Gasteiger partial charge in [0.05, 0.1) is 46.2 Å². The summed E-state index contributed by atoms with van der Waals surface area (Å²) in [5.74, 6) is 0.866. The molecule has 1 atom stereocenters. The summed E-state index contributed by atoms with van der Waals surface area (Å²) in [7, 11) is -4.43. The molecule has 1 rings (SSSR count). The number of hydrogen-bond donors (Lipinski definition) is 2. The van der Waals surface area contributed by atoms with Crippen LogP contribution in [0.5, 0.6) is 5.75 Å². The van der Waals surface area contributed by atoms with Gasteiger partial charge in [-0.1, -0.05) is 89.3 Å². The lowest BCUT2D eigenvalue weighted by Crippen LogP contribution is -2.24. The number of para-hydroxylation sites is 1. The van der Waals surface area contributed by atoms with Crippen LogP contribution in [0, 0.1) is 0 Å². The van der Waals surface area contributed by atoms with Crippen LogP contribution in [0.2, 0.25) is 0 Å². The first-order chi connectivity index (χ1) is 17.5. The van der Waals surface area contributed by atoms with Crippen LogP contribution in [0.1, 0.15) is 84.0 Å². The Balaban J connectivity index is 2.09. The SMILES string of the molecule is CCCCCCCCCCCCCC(COCCOCCOCCOP(=O)(O)O)Oc1ccccc1. The Morgan fingerprint density at radius 2 is 1.19 bits per heavy atom. The fraction of sp³-hybridized carbons (Fsp3) is 0.778. The van der Waals surface area contributed by atoms with Crippen molar-refractivity contribution in [1.29, 1.82) is 0 Å². The molecule has 8 nitrogen and oxygen atoms in total. The number of benzene rings is 1. The molecule has 36 heavy (non-hydrogen) atoms. The molecule has 0 spiro atoms. The van der Waals surface area contributed by atoms with E-state index in [-0.39, 0.29) is 19.3 Å². The Hall–Kier alpha value is -0.990. The fourth-order valence-corrected chi connectivity index (χ4v) is 4.09. The summed E-state index contributed by atoms with van der Waals surface area (Å²) >= 11 is 0. The molecule has 9 heteroatoms. The van der Waals surface area contributed by atoms with Gasteiger partial charge in [-0.05, 0) is 25.0 Å². The van der Waals surface area contributed by atoms with E-state index in [0.29, 0.717) is 33.0 Å². The summed E-state index contributed by atoms with van der Waals surface area (Å²) < 4.78 is 37.5. The van der Waals surface area contributed by atoms with E-state index in [2.05, 4.69) is 11.4 Å². The summed E-state index contributed by atoms with van der Waals surface area (Å²) in [6.45, 7) is 4.33. The van der Waals surface area contributed by atoms with Crippen LogP contribution in [0.25, 0.3) is 0 Å². The van der Waals surface area contributed by atoms with Crippen molar-refractivity contribution in [1.82, 2.24) is 0 Å². The van der Waals surface area contributed by atoms with Gasteiger partial charge in [-0.2, -0.15) is 0 Å². The minimum Gasteiger partial charge on any atom is -0.488 e. The first-order valence-electron chi connectivity index (χ1n) is 13.7. The van der Waals surface area contributed by atoms with Gasteiger partial charge in [-0.25, -0.2) is 4.57 Å². The van der Waals surface area contributed by atoms with Crippen molar-refractivity contribution >= 4 is 7.82 Å². The van der Waals surface area contributed by atoms with Crippen LogP contribution < -0.4 is 4.74 Å². The molecule has 1 aromatic rings. The van der Waals surface area contributed by atoms with E-state index in [0.717, 1.165) is 18.6 Å². The van der Waals surface area contributed by atoms with Crippen molar-refractivity contribution in [2.45, 2.75) is 90.1 Å². The maximum absolute atomic E-state index is 10.5. The first-order valence-corrected chi connectivity index (χ1v) is 15.2. The molecule has 0 fully saturated rings. The lowest BCUT2D eigenvalue weighted by molar-refractivity contribution is -0.00956. The van der Waals surface area contributed by atoms with E-state index < -0.39 is 7.82 Å². The molecule has 0 aliphatic heterocycles. The maximum atomic E-state index is 10.5. The minimum atomic E-state index is -4.43. The molecule has 0 radical (unpaired) electrons. The summed E-state index contributed by atoms with van der Waals surface area (Å²) in [5, 5.41) is 0. The zero-order chi connectivity index (χ0) is 26.2. The summed E-state index contributed by atoms with van der Waals surface area (Å²) in [6, 6.07) is 9.88. The van der Waals surface area contributed by atoms with E-state index >= 15 is 0 Å². The third kappa shape index (κ3) is 22.2. The molecule has 0 saturated carbocycles. The lowest BCUT2D eigenvalue weighted by atomic mass is 10.0. The standard InChI is InChI=1S/C27H49O8P/c1-2-3-4-5-6-7-8-9-10-11-13-18-27(35-26-16-14-12-15-17-26)25-33-22-21-31-19-20-32-23-24-34-36(28,29)30/h12,14-17,27H,2-11,13,18-25H2,1H3,(H2,28,29,30). The Kier molecular flexibility index (Phi) is 21.2. The molecule has 1 unspecified atom stereocenters. The van der Waals surface area contributed by atoms with Gasteiger partial charge in [-0.3, -0.25) is 4.52 Å². The number of ether oxygens (including phenoxy) is 4. The van der Waals surface area contributed by atoms with Gasteiger partial charge < -0.3 is 28.7 Å². The van der Waals surface area contributed by atoms with Crippen LogP contribution in [0.15, 0.2) is 30.3 Å². The third-order valence-electron chi connectivity index (χ3n) is 5.71. The predicted molar refractivity (Wildman–Crippen MR) is 142 cm³/mol. The van der Waals surface area contributed by atoms with Gasteiger partial charge in [0.1, 0.15) is 11.9 Å². The van der Waals surface area contributed by atoms with Gasteiger partial charge in [0.25, 0.3) is 0 Å². The molecule has 0 aliphatic carbocycles. The van der Waals surface area contributed by atoms with Gasteiger partial charge >= 0.3 is 7.82 Å². The van der Waals surface area contributed by atoms with Crippen molar-refractivity contribution in [2.24, 2.45) is 0 Å². The quantitative estimate of drug-likeness (QED) is 0.106. The molecule has 2 N–H and O–H groups in total. The second-order valence-electron chi connectivity index (χ2n) is 9.00. The van der Waals surface area contributed by atoms with Crippen molar-refractivity contribution in [3.8, 4) is 5.75 Å². The zero-order valence-electron chi connectivity index (χ0n) is 22.2. The molecular weight excluding hydrogens is 483 g/mol. The van der Waals surface area contributed by atoms with E-state index in [1.165, 1.54) is 64.2 Å². The van der Waals surface area contributed by atoms with Crippen LogP contribution in [0.4, 0.5) is 0 Å². The number of phosphoric acid groups is 1. The van der Waals surface area contributed by atoms with Crippen LogP contribution in [-0.2, 0) is 23.3 Å². The molecule has 1 aromatic carbocycles. The van der Waals surface area contributed by atoms with E-state index in [1.54, 1.807) is 0 Å². The second-order valence-corrected chi connectivity index (χ2v) is 10.2. The predicted octanol–water partition coefficient (Wildman–Crippen LogP) is 6.29. The highest BCUT2D eigenvalue weighted by Gasteiger charge is 2.13. The molecule has 0 heterocycles. The molecule has 0 amide bonds. The van der Waals surface area contributed by atoms with Gasteiger partial charge in [0.2, 0.25) is 0 Å². The van der Waals surface area contributed by atoms with Crippen LogP contribution >= 0.6 is 7.82 Å². The number of rotatable bonds is 26. The maximum Gasteiger partial charge on any atom is 0.469 e. The molecule has 210 valence electrons. The highest BCUT2D eigenvalue weighted by molar-refractivity contribution is 7.46. The van der Waals surface area contributed by atoms with Gasteiger partial charge in [0, 0.05) is 0 Å². The average Bonchev–Trinajstić information content (AvgIpc) is 2.85. The molecule has 0 saturated heterocycles. The smallest absolute Gasteiger partial charge is 0.469 e. The first kappa shape index (κ1) is 33.0. The fourth-order valence-electron chi connectivity index (χ4n) is 3.77. The summed E-state index contributed by atoms with van der Waals surface area (Å²) in [6.07, 6.45) is 15.5. The van der Waals surface area contributed by atoms with Gasteiger partial charge in [-0.15, -0.1) is 0 Å². The number of unbranched alkanes of at least 4 members (excludes halogenated alkanes) is 10. The molecule has 0 aliphatic rings. The Bertz CT molecular complexity index is 640. The monoisotopic (exact) mass is 532 g/mol. The molecular formula is C27H49O8P. The third-order valence-corrected chi connectivity index (χ3v) is 6.23. The zero-order valence-corrected chi connectivity index (χ0v) is 23.1. The van der Waals surface area contributed by atoms with E-state index in [1.807, 2.05) is 30.3 Å². The largest absolute Gasteiger partial charge is 0.488 e. The molecule has 0 aromatic heterocycles. The Labute approximate surface area is 218 Å². The Morgan fingerprint density at radius 1 is 0.694 bits per heavy atom. The minimum absolute atomic E-state index is 0.0170. The summed E-state index contributed by atoms with van der Waals surface area (Å²) in [4.78, 5) is 17.2. The summed E-state index contributed by atoms with van der Waals surface area (Å²) in [5.41, 5.74) is 0. The number of hydrogen-bond acceptors (Lipinski definition) is 6. The highest BCUT2D eigenvalue weighted by atomic mass is 31.2. The van der Waals surface area contributed by atoms with E-state index in [4.69, 9.17) is 28.7 Å². The van der Waals surface area contributed by atoms with Crippen molar-refractivity contribution in [3.05, 3.63) is 30.3 Å².